The highest BCUT2D eigenvalue weighted by Gasteiger charge is 2.30. The predicted octanol–water partition coefficient (Wildman–Crippen LogP) is 2.12. The van der Waals surface area contributed by atoms with E-state index in [-0.39, 0.29) is 23.4 Å². The second kappa shape index (κ2) is 4.35. The number of hydrogen-bond acceptors (Lipinski definition) is 4. The normalized spacial score (nSPS) is 15.9. The average molecular weight is 257 g/mol. The first kappa shape index (κ1) is 11.3. The summed E-state index contributed by atoms with van der Waals surface area (Å²) in [6, 6.07) is 5.00. The number of nitrogen functional groups attached to an aromatic ring is 1. The van der Waals surface area contributed by atoms with Gasteiger partial charge in [-0.05, 0) is 23.8 Å². The molecule has 16 heavy (non-hydrogen) atoms. The Kier molecular flexibility index (Phi) is 3.07. The summed E-state index contributed by atoms with van der Waals surface area (Å²) in [6.07, 6.45) is 0. The molecular formula is C10H9ClN2O2S. The van der Waals surface area contributed by atoms with Crippen molar-refractivity contribution in [3.8, 4) is 0 Å². The van der Waals surface area contributed by atoms with Crippen LogP contribution in [-0.4, -0.2) is 21.8 Å². The molecule has 0 radical (unpaired) electrons. The third-order valence-electron chi connectivity index (χ3n) is 2.24. The number of amides is 2. The molecular weight excluding hydrogens is 248 g/mol. The topological polar surface area (TPSA) is 63.4 Å². The summed E-state index contributed by atoms with van der Waals surface area (Å²) < 4.78 is 0. The fraction of sp³-hybridized carbons (Fsp3) is 0.200. The van der Waals surface area contributed by atoms with Crippen LogP contribution in [0.15, 0.2) is 18.2 Å². The van der Waals surface area contributed by atoms with Crippen LogP contribution >= 0.6 is 23.4 Å². The van der Waals surface area contributed by atoms with Gasteiger partial charge >= 0.3 is 0 Å². The molecule has 1 aliphatic heterocycles. The van der Waals surface area contributed by atoms with Gasteiger partial charge in [-0.25, -0.2) is 0 Å². The molecule has 2 amide bonds. The first-order valence-electron chi connectivity index (χ1n) is 4.59. The quantitative estimate of drug-likeness (QED) is 0.824. The van der Waals surface area contributed by atoms with Crippen molar-refractivity contribution < 1.29 is 9.59 Å². The molecule has 0 aromatic heterocycles. The van der Waals surface area contributed by atoms with Gasteiger partial charge in [0.25, 0.3) is 5.24 Å². The third kappa shape index (κ3) is 2.15. The number of rotatable bonds is 2. The number of anilines is 1. The predicted molar refractivity (Wildman–Crippen MR) is 64.3 cm³/mol. The van der Waals surface area contributed by atoms with Gasteiger partial charge in [0.15, 0.2) is 0 Å². The van der Waals surface area contributed by atoms with Crippen molar-refractivity contribution in [2.24, 2.45) is 0 Å². The fourth-order valence-corrected chi connectivity index (χ4v) is 2.32. The van der Waals surface area contributed by atoms with E-state index < -0.39 is 0 Å². The van der Waals surface area contributed by atoms with Crippen LogP contribution < -0.4 is 5.73 Å². The first-order chi connectivity index (χ1) is 7.58. The number of halogens is 1. The zero-order valence-corrected chi connectivity index (χ0v) is 9.85. The molecule has 0 saturated carbocycles. The summed E-state index contributed by atoms with van der Waals surface area (Å²) in [5, 5.41) is 0.273. The Labute approximate surface area is 102 Å². The number of imide groups is 1. The number of nitrogens with two attached hydrogens (primary N) is 1. The second-order valence-electron chi connectivity index (χ2n) is 3.39. The van der Waals surface area contributed by atoms with Crippen molar-refractivity contribution in [1.82, 2.24) is 4.90 Å². The lowest BCUT2D eigenvalue weighted by Gasteiger charge is -2.14. The van der Waals surface area contributed by atoms with E-state index >= 15 is 0 Å². The van der Waals surface area contributed by atoms with Gasteiger partial charge in [0.2, 0.25) is 5.91 Å². The van der Waals surface area contributed by atoms with E-state index in [2.05, 4.69) is 0 Å². The lowest BCUT2D eigenvalue weighted by Crippen LogP contribution is -2.28. The molecule has 1 aromatic carbocycles. The maximum Gasteiger partial charge on any atom is 0.289 e. The summed E-state index contributed by atoms with van der Waals surface area (Å²) in [4.78, 5) is 24.0. The molecule has 0 bridgehead atoms. The van der Waals surface area contributed by atoms with Crippen LogP contribution in [0.2, 0.25) is 5.02 Å². The summed E-state index contributed by atoms with van der Waals surface area (Å²) >= 11 is 6.96. The minimum Gasteiger partial charge on any atom is -0.399 e. The maximum atomic E-state index is 11.4. The van der Waals surface area contributed by atoms with Gasteiger partial charge in [0, 0.05) is 10.7 Å². The molecule has 0 aliphatic carbocycles. The van der Waals surface area contributed by atoms with Crippen LogP contribution in [0, 0.1) is 0 Å². The van der Waals surface area contributed by atoms with Gasteiger partial charge in [-0.3, -0.25) is 14.5 Å². The van der Waals surface area contributed by atoms with Crippen LogP contribution in [0.3, 0.4) is 0 Å². The van der Waals surface area contributed by atoms with Crippen LogP contribution in [0.5, 0.6) is 0 Å². The minimum atomic E-state index is -0.233. The number of thioether (sulfide) groups is 1. The lowest BCUT2D eigenvalue weighted by molar-refractivity contribution is -0.125. The van der Waals surface area contributed by atoms with Gasteiger partial charge in [-0.15, -0.1) is 0 Å². The zero-order valence-electron chi connectivity index (χ0n) is 8.27. The molecule has 84 valence electrons. The standard InChI is InChI=1S/C10H9ClN2O2S/c11-8-2-1-7(12)3-6(8)4-13-9(14)5-16-10(13)15/h1-3H,4-5,12H2. The van der Waals surface area contributed by atoms with Gasteiger partial charge in [-0.1, -0.05) is 23.4 Å². The summed E-state index contributed by atoms with van der Waals surface area (Å²) in [5.41, 5.74) is 6.87. The molecule has 1 fully saturated rings. The Morgan fingerprint density at radius 2 is 2.19 bits per heavy atom. The summed E-state index contributed by atoms with van der Waals surface area (Å²) in [5.74, 6) is 0.0205. The van der Waals surface area contributed by atoms with Crippen molar-refractivity contribution in [3.05, 3.63) is 28.8 Å². The lowest BCUT2D eigenvalue weighted by atomic mass is 10.2. The molecule has 2 rings (SSSR count). The zero-order chi connectivity index (χ0) is 11.7. The number of nitrogens with zero attached hydrogens (tertiary/aromatic N) is 1. The molecule has 2 N–H and O–H groups in total. The Morgan fingerprint density at radius 3 is 2.81 bits per heavy atom. The Hall–Kier alpha value is -1.20. The Morgan fingerprint density at radius 1 is 1.44 bits per heavy atom. The highest BCUT2D eigenvalue weighted by molar-refractivity contribution is 8.14. The summed E-state index contributed by atoms with van der Waals surface area (Å²) in [6.45, 7) is 0.189. The van der Waals surface area contributed by atoms with Crippen LogP contribution in [0.4, 0.5) is 10.5 Å². The van der Waals surface area contributed by atoms with Gasteiger partial charge in [0.1, 0.15) is 0 Å². The van der Waals surface area contributed by atoms with Gasteiger partial charge in [-0.2, -0.15) is 0 Å². The molecule has 0 atom stereocenters. The van der Waals surface area contributed by atoms with Crippen LogP contribution in [-0.2, 0) is 11.3 Å². The first-order valence-corrected chi connectivity index (χ1v) is 5.95. The number of benzene rings is 1. The Balaban J connectivity index is 2.23. The van der Waals surface area contributed by atoms with Crippen LogP contribution in [0.1, 0.15) is 5.56 Å². The number of carbonyl (C=O) groups excluding carboxylic acids is 2. The average Bonchev–Trinajstić information content (AvgIpc) is 2.55. The van der Waals surface area contributed by atoms with Crippen molar-refractivity contribution in [2.45, 2.75) is 6.54 Å². The van der Waals surface area contributed by atoms with E-state index in [0.717, 1.165) is 11.8 Å². The molecule has 6 heteroatoms. The van der Waals surface area contributed by atoms with Crippen molar-refractivity contribution in [1.29, 1.82) is 0 Å². The van der Waals surface area contributed by atoms with E-state index in [0.29, 0.717) is 16.3 Å². The number of carbonyl (C=O) groups is 2. The monoisotopic (exact) mass is 256 g/mol. The van der Waals surface area contributed by atoms with Crippen LogP contribution in [0.25, 0.3) is 0 Å². The highest BCUT2D eigenvalue weighted by atomic mass is 35.5. The minimum absolute atomic E-state index is 0.187. The fourth-order valence-electron chi connectivity index (χ4n) is 1.42. The smallest absolute Gasteiger partial charge is 0.289 e. The van der Waals surface area contributed by atoms with E-state index in [4.69, 9.17) is 17.3 Å². The van der Waals surface area contributed by atoms with Gasteiger partial charge < -0.3 is 5.73 Å². The van der Waals surface area contributed by atoms with Crippen molar-refractivity contribution in [2.75, 3.05) is 11.5 Å². The van der Waals surface area contributed by atoms with E-state index in [1.165, 1.54) is 4.90 Å². The molecule has 0 spiro atoms. The number of hydrogen-bond donors (Lipinski definition) is 1. The molecule has 1 heterocycles. The Bertz CT molecular complexity index is 448. The summed E-state index contributed by atoms with van der Waals surface area (Å²) in [7, 11) is 0. The molecule has 1 saturated heterocycles. The SMILES string of the molecule is Nc1ccc(Cl)c(CN2C(=O)CSC2=O)c1. The second-order valence-corrected chi connectivity index (χ2v) is 4.72. The van der Waals surface area contributed by atoms with E-state index in [1.807, 2.05) is 0 Å². The molecule has 1 aromatic rings. The molecule has 1 aliphatic rings. The van der Waals surface area contributed by atoms with E-state index in [1.54, 1.807) is 18.2 Å². The van der Waals surface area contributed by atoms with Crippen molar-refractivity contribution in [3.63, 3.8) is 0 Å². The van der Waals surface area contributed by atoms with Gasteiger partial charge in [0.05, 0.1) is 12.3 Å². The molecule has 4 nitrogen and oxygen atoms in total. The largest absolute Gasteiger partial charge is 0.399 e. The molecule has 0 unspecified atom stereocenters. The van der Waals surface area contributed by atoms with E-state index in [9.17, 15) is 9.59 Å². The highest BCUT2D eigenvalue weighted by Crippen LogP contribution is 2.25. The van der Waals surface area contributed by atoms with Crippen molar-refractivity contribution >= 4 is 40.2 Å². The third-order valence-corrected chi connectivity index (χ3v) is 3.47. The maximum absolute atomic E-state index is 11.4.